The second-order valence-corrected chi connectivity index (χ2v) is 10.8. The molecule has 8 nitrogen and oxygen atoms in total. The summed E-state index contributed by atoms with van der Waals surface area (Å²) in [6, 6.07) is 4.19. The number of nitrogens with one attached hydrogen (secondary N) is 2. The fraction of sp³-hybridized carbons (Fsp3) is 0.667. The molecule has 0 aromatic carbocycles. The molecule has 1 saturated carbocycles. The molecule has 0 atom stereocenters. The first-order chi connectivity index (χ1) is 14.8. The van der Waals surface area contributed by atoms with Crippen molar-refractivity contribution < 1.29 is 9.59 Å². The number of carbonyl (C=O) groups is 2. The average molecular weight is 443 g/mol. The largest absolute Gasteiger partial charge is 0.352 e. The summed E-state index contributed by atoms with van der Waals surface area (Å²) in [4.78, 5) is 25.5. The lowest BCUT2D eigenvalue weighted by Gasteiger charge is -2.64. The molecule has 0 spiro atoms. The van der Waals surface area contributed by atoms with Gasteiger partial charge in [-0.1, -0.05) is 27.7 Å². The molecule has 0 saturated heterocycles. The molecule has 0 unspecified atom stereocenters. The van der Waals surface area contributed by atoms with Crippen molar-refractivity contribution in [1.29, 1.82) is 0 Å². The molecule has 8 heteroatoms. The monoisotopic (exact) mass is 442 g/mol. The van der Waals surface area contributed by atoms with Crippen LogP contribution in [0.4, 0.5) is 0 Å². The van der Waals surface area contributed by atoms with Gasteiger partial charge < -0.3 is 10.6 Å². The summed E-state index contributed by atoms with van der Waals surface area (Å²) in [5, 5.41) is 15.3. The van der Waals surface area contributed by atoms with E-state index in [-0.39, 0.29) is 59.7 Å². The molecular weight excluding hydrogens is 404 g/mol. The van der Waals surface area contributed by atoms with Gasteiger partial charge in [0, 0.05) is 47.4 Å². The number of carbonyl (C=O) groups excluding carboxylic acids is 2. The van der Waals surface area contributed by atoms with Gasteiger partial charge in [-0.25, -0.2) is 0 Å². The van der Waals surface area contributed by atoms with Gasteiger partial charge in [0.15, 0.2) is 0 Å². The van der Waals surface area contributed by atoms with E-state index in [1.54, 1.807) is 0 Å². The molecule has 1 aliphatic rings. The Morgan fingerprint density at radius 1 is 0.812 bits per heavy atom. The lowest BCUT2D eigenvalue weighted by Crippen LogP contribution is -2.77. The third-order valence-corrected chi connectivity index (χ3v) is 6.66. The van der Waals surface area contributed by atoms with Crippen molar-refractivity contribution in [2.24, 2.45) is 10.8 Å². The topological polar surface area (TPSA) is 93.8 Å². The molecule has 176 valence electrons. The predicted molar refractivity (Wildman–Crippen MR) is 124 cm³/mol. The highest BCUT2D eigenvalue weighted by Gasteiger charge is 2.62. The van der Waals surface area contributed by atoms with Crippen molar-refractivity contribution in [3.8, 4) is 0 Å². The fourth-order valence-electron chi connectivity index (χ4n) is 5.17. The highest BCUT2D eigenvalue weighted by Crippen LogP contribution is 2.53. The molecule has 0 radical (unpaired) electrons. The number of hydrogen-bond acceptors (Lipinski definition) is 4. The number of nitrogens with zero attached hydrogens (tertiary/aromatic N) is 4. The smallest absolute Gasteiger partial charge is 0.226 e. The van der Waals surface area contributed by atoms with Gasteiger partial charge in [-0.15, -0.1) is 0 Å². The van der Waals surface area contributed by atoms with Crippen LogP contribution in [0.25, 0.3) is 0 Å². The summed E-state index contributed by atoms with van der Waals surface area (Å²) < 4.78 is 3.71. The highest BCUT2D eigenvalue weighted by molar-refractivity contribution is 5.80. The van der Waals surface area contributed by atoms with Gasteiger partial charge in [0.1, 0.15) is 0 Å². The molecule has 0 bridgehead atoms. The van der Waals surface area contributed by atoms with Crippen molar-refractivity contribution in [3.63, 3.8) is 0 Å². The number of amides is 2. The number of aromatic nitrogens is 4. The summed E-state index contributed by atoms with van der Waals surface area (Å²) >= 11 is 0. The number of rotatable bonds is 8. The highest BCUT2D eigenvalue weighted by atomic mass is 16.2. The molecular formula is C24H38N6O2. The van der Waals surface area contributed by atoms with Crippen LogP contribution >= 0.6 is 0 Å². The summed E-state index contributed by atoms with van der Waals surface area (Å²) in [5.41, 5.74) is 0.973. The standard InChI is InChI=1S/C24H38N6O2/c1-15(2)29-11-9-17(27-29)13-19(31)25-21-23(5,6)22(24(21,7)8)26-20(32)14-18-10-12-30(28-18)16(3)4/h9-12,15-16,21-22H,13-14H2,1-8H3,(H,25,31)(H,26,32). The van der Waals surface area contributed by atoms with Crippen molar-refractivity contribution >= 4 is 11.8 Å². The molecule has 0 aliphatic heterocycles. The second kappa shape index (κ2) is 8.71. The first-order valence-corrected chi connectivity index (χ1v) is 11.5. The van der Waals surface area contributed by atoms with Crippen LogP contribution in [-0.2, 0) is 22.4 Å². The Morgan fingerprint density at radius 3 is 1.44 bits per heavy atom. The minimum Gasteiger partial charge on any atom is -0.352 e. The van der Waals surface area contributed by atoms with E-state index >= 15 is 0 Å². The molecule has 2 heterocycles. The summed E-state index contributed by atoms with van der Waals surface area (Å²) in [5.74, 6) is -0.0942. The first kappa shape index (κ1) is 24.0. The zero-order chi connectivity index (χ0) is 23.8. The van der Waals surface area contributed by atoms with Crippen molar-refractivity contribution in [2.75, 3.05) is 0 Å². The molecule has 32 heavy (non-hydrogen) atoms. The predicted octanol–water partition coefficient (Wildman–Crippen LogP) is 3.06. The lowest BCUT2D eigenvalue weighted by molar-refractivity contribution is -0.141. The van der Waals surface area contributed by atoms with Crippen molar-refractivity contribution in [3.05, 3.63) is 35.9 Å². The summed E-state index contributed by atoms with van der Waals surface area (Å²) in [7, 11) is 0. The van der Waals surface area contributed by atoms with Gasteiger partial charge in [-0.05, 0) is 39.8 Å². The van der Waals surface area contributed by atoms with Crippen LogP contribution in [0.15, 0.2) is 24.5 Å². The van der Waals surface area contributed by atoms with Crippen LogP contribution in [0, 0.1) is 10.8 Å². The minimum absolute atomic E-state index is 0.0471. The zero-order valence-electron chi connectivity index (χ0n) is 20.6. The van der Waals surface area contributed by atoms with Crippen LogP contribution in [-0.4, -0.2) is 43.5 Å². The van der Waals surface area contributed by atoms with Crippen LogP contribution < -0.4 is 10.6 Å². The lowest BCUT2D eigenvalue weighted by atomic mass is 9.48. The van der Waals surface area contributed by atoms with Gasteiger partial charge in [-0.3, -0.25) is 19.0 Å². The van der Waals surface area contributed by atoms with Gasteiger partial charge >= 0.3 is 0 Å². The van der Waals surface area contributed by atoms with E-state index < -0.39 is 0 Å². The third-order valence-electron chi connectivity index (χ3n) is 6.66. The molecule has 1 fully saturated rings. The fourth-order valence-corrected chi connectivity index (χ4v) is 5.17. The molecule has 2 N–H and O–H groups in total. The van der Waals surface area contributed by atoms with Crippen molar-refractivity contribution in [1.82, 2.24) is 30.2 Å². The quantitative estimate of drug-likeness (QED) is 0.657. The van der Waals surface area contributed by atoms with E-state index in [9.17, 15) is 9.59 Å². The Kier molecular flexibility index (Phi) is 6.54. The van der Waals surface area contributed by atoms with E-state index in [4.69, 9.17) is 0 Å². The molecule has 3 rings (SSSR count). The molecule has 2 aromatic rings. The summed E-state index contributed by atoms with van der Waals surface area (Å²) in [6.07, 6.45) is 4.30. The Hall–Kier alpha value is -2.64. The molecule has 2 aromatic heterocycles. The van der Waals surface area contributed by atoms with Gasteiger partial charge in [0.2, 0.25) is 11.8 Å². The van der Waals surface area contributed by atoms with E-state index in [0.717, 1.165) is 11.4 Å². The maximum atomic E-state index is 12.7. The molecule has 2 amide bonds. The Balaban J connectivity index is 1.59. The van der Waals surface area contributed by atoms with E-state index in [0.29, 0.717) is 0 Å². The first-order valence-electron chi connectivity index (χ1n) is 11.5. The zero-order valence-corrected chi connectivity index (χ0v) is 20.6. The van der Waals surface area contributed by atoms with Gasteiger partial charge in [-0.2, -0.15) is 10.2 Å². The minimum atomic E-state index is -0.274. The second-order valence-electron chi connectivity index (χ2n) is 10.8. The van der Waals surface area contributed by atoms with Crippen molar-refractivity contribution in [2.45, 2.75) is 92.4 Å². The van der Waals surface area contributed by atoms with E-state index in [1.807, 2.05) is 33.9 Å². The van der Waals surface area contributed by atoms with Gasteiger partial charge in [0.05, 0.1) is 24.2 Å². The Morgan fingerprint density at radius 2 is 1.16 bits per heavy atom. The molecule has 1 aliphatic carbocycles. The van der Waals surface area contributed by atoms with Crippen LogP contribution in [0.3, 0.4) is 0 Å². The van der Waals surface area contributed by atoms with E-state index in [2.05, 4.69) is 76.2 Å². The normalized spacial score (nSPS) is 21.4. The Bertz CT molecular complexity index is 879. The Labute approximate surface area is 191 Å². The summed E-state index contributed by atoms with van der Waals surface area (Å²) in [6.45, 7) is 16.6. The van der Waals surface area contributed by atoms with Crippen LogP contribution in [0.1, 0.15) is 78.9 Å². The third kappa shape index (κ3) is 4.74. The average Bonchev–Trinajstić information content (AvgIpc) is 3.33. The maximum absolute atomic E-state index is 12.7. The SMILES string of the molecule is CC(C)n1ccc(CC(=O)NC2C(C)(C)C(NC(=O)Cc3ccn(C(C)C)n3)C2(C)C)n1. The van der Waals surface area contributed by atoms with Crippen LogP contribution in [0.5, 0.6) is 0 Å². The van der Waals surface area contributed by atoms with E-state index in [1.165, 1.54) is 0 Å². The maximum Gasteiger partial charge on any atom is 0.226 e. The number of hydrogen-bond donors (Lipinski definition) is 2. The van der Waals surface area contributed by atoms with Gasteiger partial charge in [0.25, 0.3) is 0 Å². The van der Waals surface area contributed by atoms with Crippen LogP contribution in [0.2, 0.25) is 0 Å².